The minimum absolute atomic E-state index is 0.00549. The van der Waals surface area contributed by atoms with Crippen molar-refractivity contribution in [2.75, 3.05) is 60.6 Å². The third-order valence-electron chi connectivity index (χ3n) is 7.30. The van der Waals surface area contributed by atoms with Crippen LogP contribution < -0.4 is 5.32 Å². The van der Waals surface area contributed by atoms with Crippen molar-refractivity contribution in [2.45, 2.75) is 43.2 Å². The SMILES string of the molecule is COCCN1C(=O)N(CCC(=O)NCCO)C[C@]12CC[C@](c1ccccc1)(N(C)C)CC2. The first kappa shape index (κ1) is 24.5. The first-order valence-electron chi connectivity index (χ1n) is 11.5. The van der Waals surface area contributed by atoms with E-state index in [-0.39, 0.29) is 42.6 Å². The zero-order valence-electron chi connectivity index (χ0n) is 19.7. The van der Waals surface area contributed by atoms with E-state index in [1.54, 1.807) is 7.11 Å². The van der Waals surface area contributed by atoms with E-state index in [0.29, 0.717) is 26.2 Å². The van der Waals surface area contributed by atoms with E-state index in [0.717, 1.165) is 25.7 Å². The summed E-state index contributed by atoms with van der Waals surface area (Å²) in [7, 11) is 5.94. The van der Waals surface area contributed by atoms with Gasteiger partial charge in [-0.1, -0.05) is 30.3 Å². The molecule has 8 nitrogen and oxygen atoms in total. The molecule has 1 aliphatic heterocycles. The number of methoxy groups -OCH3 is 1. The fraction of sp³-hybridized carbons (Fsp3) is 0.667. The molecule has 1 saturated heterocycles. The molecule has 0 radical (unpaired) electrons. The standard InChI is InChI=1S/C24H38N4O4/c1-26(2)24(20-7-5-4-6-8-20)12-10-23(11-13-24)19-27(15-9-21(30)25-14-17-29)22(31)28(23)16-18-32-3/h4-8,29H,9-19H2,1-3H3,(H,25,30)/t23-,24+. The lowest BCUT2D eigenvalue weighted by Crippen LogP contribution is -2.56. The molecule has 1 aliphatic carbocycles. The summed E-state index contributed by atoms with van der Waals surface area (Å²) in [5, 5.41) is 11.5. The quantitative estimate of drug-likeness (QED) is 0.571. The van der Waals surface area contributed by atoms with Gasteiger partial charge in [0, 0.05) is 45.2 Å². The lowest BCUT2D eigenvalue weighted by Gasteiger charge is -2.51. The monoisotopic (exact) mass is 446 g/mol. The molecule has 1 spiro atoms. The van der Waals surface area contributed by atoms with Crippen LogP contribution in [0.3, 0.4) is 0 Å². The number of carbonyl (C=O) groups excluding carboxylic acids is 2. The molecule has 1 aromatic carbocycles. The van der Waals surface area contributed by atoms with Crippen molar-refractivity contribution >= 4 is 11.9 Å². The number of hydrogen-bond acceptors (Lipinski definition) is 5. The maximum Gasteiger partial charge on any atom is 0.320 e. The van der Waals surface area contributed by atoms with Gasteiger partial charge in [-0.2, -0.15) is 0 Å². The number of ether oxygens (including phenoxy) is 1. The summed E-state index contributed by atoms with van der Waals surface area (Å²) in [6.07, 6.45) is 3.98. The summed E-state index contributed by atoms with van der Waals surface area (Å²) in [6, 6.07) is 10.6. The Morgan fingerprint density at radius 3 is 2.44 bits per heavy atom. The van der Waals surface area contributed by atoms with E-state index in [2.05, 4.69) is 48.6 Å². The van der Waals surface area contributed by atoms with Gasteiger partial charge in [-0.15, -0.1) is 0 Å². The van der Waals surface area contributed by atoms with Crippen molar-refractivity contribution < 1.29 is 19.4 Å². The van der Waals surface area contributed by atoms with Crippen LogP contribution in [-0.4, -0.2) is 97.9 Å². The largest absolute Gasteiger partial charge is 0.395 e. The molecule has 8 heteroatoms. The van der Waals surface area contributed by atoms with E-state index >= 15 is 0 Å². The van der Waals surface area contributed by atoms with Gasteiger partial charge in [0.05, 0.1) is 18.8 Å². The number of amides is 3. The van der Waals surface area contributed by atoms with Gasteiger partial charge in [-0.25, -0.2) is 4.79 Å². The molecule has 0 atom stereocenters. The number of urea groups is 1. The number of aliphatic hydroxyl groups is 1. The lowest BCUT2D eigenvalue weighted by atomic mass is 9.68. The Bertz CT molecular complexity index is 763. The highest BCUT2D eigenvalue weighted by atomic mass is 16.5. The van der Waals surface area contributed by atoms with E-state index in [1.165, 1.54) is 5.56 Å². The zero-order chi connectivity index (χ0) is 23.2. The van der Waals surface area contributed by atoms with E-state index < -0.39 is 0 Å². The molecule has 1 saturated carbocycles. The van der Waals surface area contributed by atoms with Crippen molar-refractivity contribution in [2.24, 2.45) is 0 Å². The third kappa shape index (κ3) is 4.92. The van der Waals surface area contributed by atoms with Crippen molar-refractivity contribution in [3.8, 4) is 0 Å². The van der Waals surface area contributed by atoms with Crippen LogP contribution in [0, 0.1) is 0 Å². The van der Waals surface area contributed by atoms with Gasteiger partial charge in [-0.3, -0.25) is 9.69 Å². The molecule has 1 aromatic rings. The first-order valence-corrected chi connectivity index (χ1v) is 11.5. The maximum atomic E-state index is 13.3. The minimum Gasteiger partial charge on any atom is -0.395 e. The Labute approximate surface area is 191 Å². The van der Waals surface area contributed by atoms with Crippen LogP contribution in [0.5, 0.6) is 0 Å². The summed E-state index contributed by atoms with van der Waals surface area (Å²) in [6.45, 7) is 2.23. The number of hydrogen-bond donors (Lipinski definition) is 2. The van der Waals surface area contributed by atoms with Gasteiger partial charge in [0.25, 0.3) is 0 Å². The molecule has 2 aliphatic rings. The average molecular weight is 447 g/mol. The Morgan fingerprint density at radius 1 is 1.16 bits per heavy atom. The van der Waals surface area contributed by atoms with Gasteiger partial charge in [-0.05, 0) is 45.3 Å². The predicted molar refractivity (Wildman–Crippen MR) is 123 cm³/mol. The maximum absolute atomic E-state index is 13.3. The summed E-state index contributed by atoms with van der Waals surface area (Å²) < 4.78 is 5.30. The molecule has 3 amide bonds. The summed E-state index contributed by atoms with van der Waals surface area (Å²) in [4.78, 5) is 31.4. The minimum atomic E-state index is -0.231. The number of rotatable bonds is 10. The number of benzene rings is 1. The van der Waals surface area contributed by atoms with Crippen molar-refractivity contribution in [1.82, 2.24) is 20.0 Å². The molecule has 32 heavy (non-hydrogen) atoms. The molecule has 2 fully saturated rings. The smallest absolute Gasteiger partial charge is 0.320 e. The van der Waals surface area contributed by atoms with Crippen molar-refractivity contribution in [3.63, 3.8) is 0 Å². The molecule has 0 aromatic heterocycles. The van der Waals surface area contributed by atoms with Gasteiger partial charge in [0.2, 0.25) is 5.91 Å². The lowest BCUT2D eigenvalue weighted by molar-refractivity contribution is -0.121. The second kappa shape index (κ2) is 10.6. The van der Waals surface area contributed by atoms with Crippen LogP contribution in [0.4, 0.5) is 4.79 Å². The highest BCUT2D eigenvalue weighted by Gasteiger charge is 2.54. The first-order chi connectivity index (χ1) is 15.4. The predicted octanol–water partition coefficient (Wildman–Crippen LogP) is 1.64. The van der Waals surface area contributed by atoms with Gasteiger partial charge in [0.1, 0.15) is 0 Å². The van der Waals surface area contributed by atoms with Crippen LogP contribution in [0.25, 0.3) is 0 Å². The molecule has 0 bridgehead atoms. The van der Waals surface area contributed by atoms with Crippen LogP contribution >= 0.6 is 0 Å². The van der Waals surface area contributed by atoms with Crippen molar-refractivity contribution in [3.05, 3.63) is 35.9 Å². The Morgan fingerprint density at radius 2 is 1.84 bits per heavy atom. The van der Waals surface area contributed by atoms with E-state index in [1.807, 2.05) is 15.9 Å². The van der Waals surface area contributed by atoms with E-state index in [9.17, 15) is 9.59 Å². The van der Waals surface area contributed by atoms with Gasteiger partial charge < -0.3 is 25.0 Å². The summed E-state index contributed by atoms with van der Waals surface area (Å²) in [5.74, 6) is -0.143. The normalized spacial score (nSPS) is 25.7. The molecule has 178 valence electrons. The van der Waals surface area contributed by atoms with Crippen molar-refractivity contribution in [1.29, 1.82) is 0 Å². The zero-order valence-corrected chi connectivity index (χ0v) is 19.7. The molecular formula is C24H38N4O4. The Hall–Kier alpha value is -2.16. The molecule has 3 rings (SSSR count). The topological polar surface area (TPSA) is 85.3 Å². The second-order valence-electron chi connectivity index (χ2n) is 9.19. The summed E-state index contributed by atoms with van der Waals surface area (Å²) >= 11 is 0. The Kier molecular flexibility index (Phi) is 8.14. The Balaban J connectivity index is 1.75. The highest BCUT2D eigenvalue weighted by molar-refractivity contribution is 5.80. The molecule has 1 heterocycles. The number of carbonyl (C=O) groups is 2. The fourth-order valence-electron chi connectivity index (χ4n) is 5.39. The molecular weight excluding hydrogens is 408 g/mol. The van der Waals surface area contributed by atoms with Gasteiger partial charge >= 0.3 is 6.03 Å². The van der Waals surface area contributed by atoms with Crippen LogP contribution in [0.1, 0.15) is 37.7 Å². The molecule has 0 unspecified atom stereocenters. The number of aliphatic hydroxyl groups excluding tert-OH is 1. The fourth-order valence-corrected chi connectivity index (χ4v) is 5.39. The van der Waals surface area contributed by atoms with Gasteiger partial charge in [0.15, 0.2) is 0 Å². The number of nitrogens with one attached hydrogen (secondary N) is 1. The second-order valence-corrected chi connectivity index (χ2v) is 9.19. The molecule has 2 N–H and O–H groups in total. The van der Waals surface area contributed by atoms with Crippen LogP contribution in [0.15, 0.2) is 30.3 Å². The third-order valence-corrected chi connectivity index (χ3v) is 7.30. The summed E-state index contributed by atoms with van der Waals surface area (Å²) in [5.41, 5.74) is 1.05. The van der Waals surface area contributed by atoms with Crippen LogP contribution in [-0.2, 0) is 15.1 Å². The van der Waals surface area contributed by atoms with E-state index in [4.69, 9.17) is 9.84 Å². The average Bonchev–Trinajstić information content (AvgIpc) is 3.06. The van der Waals surface area contributed by atoms with Crippen LogP contribution in [0.2, 0.25) is 0 Å². The highest BCUT2D eigenvalue weighted by Crippen LogP contribution is 2.48. The number of nitrogens with zero attached hydrogens (tertiary/aromatic N) is 3.